The van der Waals surface area contributed by atoms with Gasteiger partial charge in [0.05, 0.1) is 18.7 Å². The van der Waals surface area contributed by atoms with Crippen molar-refractivity contribution in [2.24, 2.45) is 0 Å². The van der Waals surface area contributed by atoms with Crippen LogP contribution in [0.25, 0.3) is 10.6 Å². The Hall–Kier alpha value is -2.26. The van der Waals surface area contributed by atoms with Crippen molar-refractivity contribution in [1.29, 1.82) is 0 Å². The molecule has 1 fully saturated rings. The van der Waals surface area contributed by atoms with Crippen molar-refractivity contribution in [3.8, 4) is 10.6 Å². The summed E-state index contributed by atoms with van der Waals surface area (Å²) in [6, 6.07) is 2.22. The first-order chi connectivity index (χ1) is 12.5. The molecule has 2 heterocycles. The van der Waals surface area contributed by atoms with Crippen LogP contribution in [0.2, 0.25) is 0 Å². The number of aromatic nitrogens is 1. The molecule has 138 valence electrons. The van der Waals surface area contributed by atoms with E-state index in [0.29, 0.717) is 5.69 Å². The Morgan fingerprint density at radius 2 is 2.15 bits per heavy atom. The van der Waals surface area contributed by atoms with E-state index in [2.05, 4.69) is 10.3 Å². The summed E-state index contributed by atoms with van der Waals surface area (Å²) < 4.78 is 5.01. The molecule has 0 unspecified atom stereocenters. The zero-order valence-corrected chi connectivity index (χ0v) is 15.9. The summed E-state index contributed by atoms with van der Waals surface area (Å²) in [7, 11) is 1.51. The third kappa shape index (κ3) is 5.37. The first kappa shape index (κ1) is 18.5. The lowest BCUT2D eigenvalue weighted by atomic mass is 10.3. The van der Waals surface area contributed by atoms with Gasteiger partial charge in [0.2, 0.25) is 5.91 Å². The van der Waals surface area contributed by atoms with E-state index >= 15 is 0 Å². The third-order valence-corrected chi connectivity index (χ3v) is 5.37. The topological polar surface area (TPSA) is 88.6 Å². The van der Waals surface area contributed by atoms with Gasteiger partial charge in [0.1, 0.15) is 5.01 Å². The number of nitrogens with zero attached hydrogens (tertiary/aromatic N) is 2. The second-order valence-corrected chi connectivity index (χ2v) is 7.72. The molecular formula is C17H19N3O4S2. The van der Waals surface area contributed by atoms with Crippen LogP contribution >= 0.6 is 22.7 Å². The number of carbonyl (C=O) groups excluding carboxylic acids is 3. The van der Waals surface area contributed by atoms with E-state index < -0.39 is 11.9 Å². The predicted molar refractivity (Wildman–Crippen MR) is 98.9 cm³/mol. The van der Waals surface area contributed by atoms with Crippen molar-refractivity contribution in [3.05, 3.63) is 27.9 Å². The second-order valence-electron chi connectivity index (χ2n) is 6.09. The largest absolute Gasteiger partial charge is 0.455 e. The third-order valence-electron chi connectivity index (χ3n) is 3.75. The summed E-state index contributed by atoms with van der Waals surface area (Å²) in [6.07, 6.45) is 2.00. The van der Waals surface area contributed by atoms with E-state index in [0.717, 1.165) is 23.4 Å². The average Bonchev–Trinajstić information content (AvgIpc) is 3.08. The fraction of sp³-hybridized carbons (Fsp3) is 0.412. The molecule has 1 N–H and O–H groups in total. The molecule has 0 atom stereocenters. The van der Waals surface area contributed by atoms with Crippen molar-refractivity contribution in [2.45, 2.75) is 25.3 Å². The van der Waals surface area contributed by atoms with Crippen LogP contribution in [0.5, 0.6) is 0 Å². The zero-order chi connectivity index (χ0) is 18.5. The highest BCUT2D eigenvalue weighted by atomic mass is 32.1. The molecule has 2 aromatic rings. The summed E-state index contributed by atoms with van der Waals surface area (Å²) in [5.74, 6) is -1.13. The molecule has 1 aliphatic carbocycles. The SMILES string of the molecule is CN(CC(=O)NC1CC1)C(=O)COC(=O)Cc1csc(-c2ccsc2)n1. The molecule has 9 heteroatoms. The number of thiazole rings is 1. The molecular weight excluding hydrogens is 374 g/mol. The van der Waals surface area contributed by atoms with Crippen molar-refractivity contribution in [1.82, 2.24) is 15.2 Å². The number of esters is 1. The molecule has 1 saturated carbocycles. The molecule has 0 aliphatic heterocycles. The predicted octanol–water partition coefficient (Wildman–Crippen LogP) is 1.69. The average molecular weight is 393 g/mol. The van der Waals surface area contributed by atoms with E-state index in [9.17, 15) is 14.4 Å². The Morgan fingerprint density at radius 1 is 1.35 bits per heavy atom. The van der Waals surface area contributed by atoms with Crippen LogP contribution in [0.1, 0.15) is 18.5 Å². The number of carbonyl (C=O) groups is 3. The van der Waals surface area contributed by atoms with Crippen LogP contribution < -0.4 is 5.32 Å². The van der Waals surface area contributed by atoms with Crippen LogP contribution in [-0.2, 0) is 25.5 Å². The maximum Gasteiger partial charge on any atom is 0.312 e. The maximum atomic E-state index is 12.0. The monoisotopic (exact) mass is 393 g/mol. The van der Waals surface area contributed by atoms with Gasteiger partial charge in [0, 0.05) is 29.4 Å². The highest BCUT2D eigenvalue weighted by Gasteiger charge is 2.24. The standard InChI is InChI=1S/C17H19N3O4S2/c1-20(7-14(21)18-12-2-3-12)15(22)8-24-16(23)6-13-10-26-17(19-13)11-4-5-25-9-11/h4-5,9-10,12H,2-3,6-8H2,1H3,(H,18,21). The van der Waals surface area contributed by atoms with Gasteiger partial charge in [-0.1, -0.05) is 0 Å². The summed E-state index contributed by atoms with van der Waals surface area (Å²) in [4.78, 5) is 41.2. The van der Waals surface area contributed by atoms with Gasteiger partial charge in [0.25, 0.3) is 5.91 Å². The van der Waals surface area contributed by atoms with Crippen LogP contribution in [0, 0.1) is 0 Å². The molecule has 0 aromatic carbocycles. The summed E-state index contributed by atoms with van der Waals surface area (Å²) >= 11 is 3.05. The number of hydrogen-bond donors (Lipinski definition) is 1. The number of thiophene rings is 1. The minimum atomic E-state index is -0.517. The van der Waals surface area contributed by atoms with Crippen molar-refractivity contribution < 1.29 is 19.1 Å². The van der Waals surface area contributed by atoms with Gasteiger partial charge in [-0.25, -0.2) is 4.98 Å². The van der Waals surface area contributed by atoms with E-state index in [-0.39, 0.29) is 31.5 Å². The number of rotatable bonds is 8. The lowest BCUT2D eigenvalue weighted by molar-refractivity contribution is -0.151. The quantitative estimate of drug-likeness (QED) is 0.690. The first-order valence-electron chi connectivity index (χ1n) is 8.17. The highest BCUT2D eigenvalue weighted by molar-refractivity contribution is 7.14. The Balaban J connectivity index is 1.40. The number of ether oxygens (including phenoxy) is 1. The van der Waals surface area contributed by atoms with Gasteiger partial charge in [0.15, 0.2) is 6.61 Å². The van der Waals surface area contributed by atoms with Crippen molar-refractivity contribution in [2.75, 3.05) is 20.2 Å². The molecule has 0 radical (unpaired) electrons. The first-order valence-corrected chi connectivity index (χ1v) is 9.99. The molecule has 7 nitrogen and oxygen atoms in total. The molecule has 0 bridgehead atoms. The fourth-order valence-electron chi connectivity index (χ4n) is 2.16. The normalized spacial score (nSPS) is 13.3. The number of nitrogens with one attached hydrogen (secondary N) is 1. The molecule has 2 amide bonds. The lowest BCUT2D eigenvalue weighted by Gasteiger charge is -2.16. The smallest absolute Gasteiger partial charge is 0.312 e. The van der Waals surface area contributed by atoms with E-state index in [1.54, 1.807) is 11.3 Å². The summed E-state index contributed by atoms with van der Waals surface area (Å²) in [5.41, 5.74) is 1.65. The highest BCUT2D eigenvalue weighted by Crippen LogP contribution is 2.25. The van der Waals surface area contributed by atoms with Crippen LogP contribution in [-0.4, -0.2) is 53.9 Å². The number of hydrogen-bond acceptors (Lipinski definition) is 7. The van der Waals surface area contributed by atoms with Gasteiger partial charge in [-0.3, -0.25) is 14.4 Å². The summed E-state index contributed by atoms with van der Waals surface area (Å²) in [5, 5.41) is 9.43. The fourth-order valence-corrected chi connectivity index (χ4v) is 3.69. The van der Waals surface area contributed by atoms with Gasteiger partial charge in [-0.2, -0.15) is 11.3 Å². The van der Waals surface area contributed by atoms with Gasteiger partial charge in [-0.15, -0.1) is 11.3 Å². The van der Waals surface area contributed by atoms with E-state index in [4.69, 9.17) is 4.74 Å². The van der Waals surface area contributed by atoms with Crippen LogP contribution in [0.3, 0.4) is 0 Å². The van der Waals surface area contributed by atoms with Crippen molar-refractivity contribution >= 4 is 40.5 Å². The molecule has 3 rings (SSSR count). The van der Waals surface area contributed by atoms with E-state index in [1.807, 2.05) is 22.2 Å². The molecule has 2 aromatic heterocycles. The summed E-state index contributed by atoms with van der Waals surface area (Å²) in [6.45, 7) is -0.420. The van der Waals surface area contributed by atoms with Crippen molar-refractivity contribution in [3.63, 3.8) is 0 Å². The van der Waals surface area contributed by atoms with Crippen LogP contribution in [0.15, 0.2) is 22.2 Å². The number of amides is 2. The van der Waals surface area contributed by atoms with Crippen LogP contribution in [0.4, 0.5) is 0 Å². The second kappa shape index (κ2) is 8.41. The maximum absolute atomic E-state index is 12.0. The Kier molecular flexibility index (Phi) is 6.00. The number of likely N-dealkylation sites (N-methyl/N-ethyl adjacent to an activating group) is 1. The zero-order valence-electron chi connectivity index (χ0n) is 14.3. The van der Waals surface area contributed by atoms with E-state index in [1.165, 1.54) is 23.3 Å². The minimum Gasteiger partial charge on any atom is -0.455 e. The Morgan fingerprint density at radius 3 is 2.85 bits per heavy atom. The van der Waals surface area contributed by atoms with Gasteiger partial charge < -0.3 is 15.0 Å². The molecule has 1 aliphatic rings. The lowest BCUT2D eigenvalue weighted by Crippen LogP contribution is -2.40. The molecule has 0 spiro atoms. The van der Waals surface area contributed by atoms with Gasteiger partial charge in [-0.05, 0) is 24.3 Å². The molecule has 0 saturated heterocycles. The molecule has 26 heavy (non-hydrogen) atoms. The Bertz CT molecular complexity index is 784. The minimum absolute atomic E-state index is 0.0137. The Labute approximate surface area is 159 Å². The van der Waals surface area contributed by atoms with Gasteiger partial charge >= 0.3 is 5.97 Å².